The van der Waals surface area contributed by atoms with E-state index in [2.05, 4.69) is 0 Å². The molecule has 0 radical (unpaired) electrons. The molecule has 0 bridgehead atoms. The van der Waals surface area contributed by atoms with Crippen LogP contribution in [0.3, 0.4) is 0 Å². The third-order valence-electron chi connectivity index (χ3n) is 11.1. The number of aliphatic hydroxyl groups excluding tert-OH is 1. The lowest BCUT2D eigenvalue weighted by molar-refractivity contribution is -0.195. The largest absolute Gasteiger partial charge is 0.481 e. The third-order valence-corrected chi connectivity index (χ3v) is 11.1. The number of carboxylic acids is 1. The fourth-order valence-electron chi connectivity index (χ4n) is 8.40. The molecule has 39 heavy (non-hydrogen) atoms. The number of carboxylic acid groups (broad SMARTS) is 1. The summed E-state index contributed by atoms with van der Waals surface area (Å²) in [6.45, 7) is 11.1. The molecule has 4 aliphatic carbocycles. The Morgan fingerprint density at radius 1 is 1.10 bits per heavy atom. The molecule has 214 valence electrons. The average Bonchev–Trinajstić information content (AvgIpc) is 3.04. The first-order valence-electron chi connectivity index (χ1n) is 13.6. The molecule has 0 amide bonds. The molecule has 0 aliphatic heterocycles. The zero-order chi connectivity index (χ0) is 29.7. The minimum Gasteiger partial charge on any atom is -0.481 e. The molecule has 0 aromatic rings. The quantitative estimate of drug-likeness (QED) is 0.367. The van der Waals surface area contributed by atoms with E-state index in [0.717, 1.165) is 0 Å². The first-order valence-corrected chi connectivity index (χ1v) is 13.6. The second kappa shape index (κ2) is 8.51. The summed E-state index contributed by atoms with van der Waals surface area (Å²) in [6, 6.07) is 0. The number of Topliss-reactive ketones (excluding diaryl/α,β-unsaturated/α-hetero) is 3. The van der Waals surface area contributed by atoms with Crippen molar-refractivity contribution in [2.45, 2.75) is 97.9 Å². The van der Waals surface area contributed by atoms with Gasteiger partial charge in [0, 0.05) is 31.1 Å². The number of aliphatic hydroxyl groups is 3. The lowest BCUT2D eigenvalue weighted by Gasteiger charge is -2.64. The number of aliphatic carboxylic acids is 1. The molecule has 4 aliphatic rings. The van der Waals surface area contributed by atoms with Gasteiger partial charge in [-0.3, -0.25) is 24.0 Å². The van der Waals surface area contributed by atoms with E-state index in [-0.39, 0.29) is 36.2 Å². The molecule has 2 fully saturated rings. The van der Waals surface area contributed by atoms with E-state index in [4.69, 9.17) is 5.11 Å². The van der Waals surface area contributed by atoms with Crippen molar-refractivity contribution in [2.75, 3.05) is 0 Å². The Morgan fingerprint density at radius 3 is 2.26 bits per heavy atom. The molecule has 0 saturated heterocycles. The fraction of sp³-hybridized carbons (Fsp3) is 0.700. The van der Waals surface area contributed by atoms with Gasteiger partial charge in [0.15, 0.2) is 17.2 Å². The minimum absolute atomic E-state index is 0.00859. The van der Waals surface area contributed by atoms with Gasteiger partial charge in [-0.05, 0) is 48.8 Å². The van der Waals surface area contributed by atoms with E-state index in [1.165, 1.54) is 39.8 Å². The van der Waals surface area contributed by atoms with Gasteiger partial charge in [-0.2, -0.15) is 0 Å². The monoisotopic (exact) mass is 544 g/mol. The number of carbonyl (C=O) groups excluding carboxylic acids is 4. The number of allylic oxidation sites excluding steroid dienone is 1. The van der Waals surface area contributed by atoms with Crippen molar-refractivity contribution in [1.82, 2.24) is 0 Å². The zero-order valence-corrected chi connectivity index (χ0v) is 23.8. The molecule has 0 aromatic carbocycles. The summed E-state index contributed by atoms with van der Waals surface area (Å²) >= 11 is 0. The number of hydrogen-bond acceptors (Lipinski definition) is 8. The van der Waals surface area contributed by atoms with Crippen molar-refractivity contribution in [3.63, 3.8) is 0 Å². The van der Waals surface area contributed by atoms with Crippen LogP contribution in [0.25, 0.3) is 0 Å². The van der Waals surface area contributed by atoms with Crippen LogP contribution in [0.5, 0.6) is 0 Å². The molecule has 2 saturated carbocycles. The minimum atomic E-state index is -2.27. The van der Waals surface area contributed by atoms with Crippen LogP contribution in [0.1, 0.15) is 80.6 Å². The van der Waals surface area contributed by atoms with Crippen molar-refractivity contribution < 1.29 is 44.4 Å². The van der Waals surface area contributed by atoms with Gasteiger partial charge in [0.05, 0.1) is 28.5 Å². The fourth-order valence-corrected chi connectivity index (χ4v) is 8.40. The van der Waals surface area contributed by atoms with E-state index in [9.17, 15) is 39.3 Å². The third kappa shape index (κ3) is 3.51. The summed E-state index contributed by atoms with van der Waals surface area (Å²) in [5, 5.41) is 44.7. The van der Waals surface area contributed by atoms with Gasteiger partial charge in [-0.15, -0.1) is 0 Å². The Bertz CT molecular complexity index is 1250. The summed E-state index contributed by atoms with van der Waals surface area (Å²) in [4.78, 5) is 64.9. The zero-order valence-electron chi connectivity index (χ0n) is 23.8. The van der Waals surface area contributed by atoms with Crippen molar-refractivity contribution >= 4 is 29.1 Å². The number of carbonyl (C=O) groups is 5. The summed E-state index contributed by atoms with van der Waals surface area (Å²) < 4.78 is 0. The van der Waals surface area contributed by atoms with Crippen LogP contribution in [-0.4, -0.2) is 66.8 Å². The maximum absolute atomic E-state index is 14.1. The van der Waals surface area contributed by atoms with Crippen LogP contribution in [0.2, 0.25) is 0 Å². The highest BCUT2D eigenvalue weighted by Gasteiger charge is 2.78. The normalized spacial score (nSPS) is 41.4. The van der Waals surface area contributed by atoms with E-state index in [1.54, 1.807) is 13.8 Å². The molecule has 9 heteroatoms. The predicted octanol–water partition coefficient (Wildman–Crippen LogP) is 2.35. The van der Waals surface area contributed by atoms with E-state index in [1.807, 2.05) is 6.92 Å². The second-order valence-electron chi connectivity index (χ2n) is 13.7. The van der Waals surface area contributed by atoms with Crippen LogP contribution in [0, 0.1) is 33.5 Å². The van der Waals surface area contributed by atoms with Gasteiger partial charge in [-0.1, -0.05) is 40.7 Å². The van der Waals surface area contributed by atoms with Crippen LogP contribution in [0.15, 0.2) is 23.3 Å². The average molecular weight is 545 g/mol. The van der Waals surface area contributed by atoms with E-state index in [0.29, 0.717) is 6.42 Å². The SMILES string of the molecule is CC(CC(=O)C[C@](C)(O)C1=C[C@@H](O)[C@]2(C)[C@]1(C)C(=O)C=C1[C@@]2(O)C(=O)CC2C(C)(C)C(=O)CC[C@]12C)C(=O)O. The highest BCUT2D eigenvalue weighted by Crippen LogP contribution is 2.71. The van der Waals surface area contributed by atoms with Crippen molar-refractivity contribution in [3.05, 3.63) is 23.3 Å². The van der Waals surface area contributed by atoms with Gasteiger partial charge in [0.1, 0.15) is 11.6 Å². The highest BCUT2D eigenvalue weighted by molar-refractivity contribution is 6.07. The Balaban J connectivity index is 1.84. The maximum Gasteiger partial charge on any atom is 0.306 e. The van der Waals surface area contributed by atoms with Gasteiger partial charge >= 0.3 is 5.97 Å². The van der Waals surface area contributed by atoms with Gasteiger partial charge < -0.3 is 20.4 Å². The molecular formula is C30H40O9. The van der Waals surface area contributed by atoms with Gasteiger partial charge in [-0.25, -0.2) is 0 Å². The van der Waals surface area contributed by atoms with E-state index < -0.39 is 80.5 Å². The molecule has 4 rings (SSSR count). The lowest BCUT2D eigenvalue weighted by Crippen LogP contribution is -2.73. The summed E-state index contributed by atoms with van der Waals surface area (Å²) in [6.07, 6.45) is 0.604. The highest BCUT2D eigenvalue weighted by atomic mass is 16.4. The molecular weight excluding hydrogens is 504 g/mol. The summed E-state index contributed by atoms with van der Waals surface area (Å²) in [7, 11) is 0. The topological polar surface area (TPSA) is 166 Å². The number of hydrogen-bond donors (Lipinski definition) is 4. The molecule has 0 spiro atoms. The van der Waals surface area contributed by atoms with Crippen LogP contribution < -0.4 is 0 Å². The Hall–Kier alpha value is -2.49. The summed E-state index contributed by atoms with van der Waals surface area (Å²) in [5.74, 6) is -4.23. The standard InChI is InChI=1S/C30H40O9/c1-15(24(36)37)10-16(31)14-27(5,38)19-13-22(34)29(7)28(19,6)21(33)12-18-26(4)9-8-20(32)25(2,3)17(26)11-23(35)30(18,29)39/h12-13,15,17,22,34,38-39H,8-11,14H2,1-7H3,(H,36,37)/t15?,17?,22-,26+,27+,28+,29-,30-/m1/s1. The summed E-state index contributed by atoms with van der Waals surface area (Å²) in [5.41, 5.74) is -9.33. The van der Waals surface area contributed by atoms with Gasteiger partial charge in [0.2, 0.25) is 0 Å². The van der Waals surface area contributed by atoms with E-state index >= 15 is 0 Å². The van der Waals surface area contributed by atoms with Gasteiger partial charge in [0.25, 0.3) is 0 Å². The maximum atomic E-state index is 14.1. The Labute approximate surface area is 228 Å². The molecule has 4 N–H and O–H groups in total. The Kier molecular flexibility index (Phi) is 6.43. The van der Waals surface area contributed by atoms with Crippen molar-refractivity contribution in [2.24, 2.45) is 33.5 Å². The molecule has 0 aromatic heterocycles. The first kappa shape index (κ1) is 29.5. The van der Waals surface area contributed by atoms with Crippen molar-refractivity contribution in [1.29, 1.82) is 0 Å². The second-order valence-corrected chi connectivity index (χ2v) is 13.7. The van der Waals surface area contributed by atoms with Crippen LogP contribution in [0.4, 0.5) is 0 Å². The first-order chi connectivity index (χ1) is 17.6. The number of fused-ring (bicyclic) bond motifs is 5. The van der Waals surface area contributed by atoms with Crippen LogP contribution in [-0.2, 0) is 24.0 Å². The molecule has 9 nitrogen and oxygen atoms in total. The number of ketones is 4. The van der Waals surface area contributed by atoms with Crippen molar-refractivity contribution in [3.8, 4) is 0 Å². The Morgan fingerprint density at radius 2 is 1.69 bits per heavy atom. The molecule has 0 heterocycles. The predicted molar refractivity (Wildman–Crippen MR) is 139 cm³/mol. The number of rotatable bonds is 6. The van der Waals surface area contributed by atoms with Crippen LogP contribution >= 0.6 is 0 Å². The molecule has 2 unspecified atom stereocenters. The molecule has 8 atom stereocenters. The smallest absolute Gasteiger partial charge is 0.306 e. The lowest BCUT2D eigenvalue weighted by atomic mass is 9.38.